The summed E-state index contributed by atoms with van der Waals surface area (Å²) in [5, 5.41) is 8.67. The maximum absolute atomic E-state index is 6.05. The number of aryl methyl sites for hydroxylation is 1. The van der Waals surface area contributed by atoms with Gasteiger partial charge in [-0.1, -0.05) is 30.7 Å². The van der Waals surface area contributed by atoms with Gasteiger partial charge in [0.1, 0.15) is 12.2 Å². The predicted octanol–water partition coefficient (Wildman–Crippen LogP) is 3.16. The van der Waals surface area contributed by atoms with Crippen LogP contribution in [0.2, 0.25) is 5.02 Å². The quantitative estimate of drug-likeness (QED) is 0.940. The SMILES string of the molecule is C[C@H](CN[C@H]1CCCn2ncnc21)c1cccc(Cl)c1. The second-order valence-electron chi connectivity index (χ2n) is 5.40. The average Bonchev–Trinajstić information content (AvgIpc) is 2.93. The number of rotatable bonds is 4. The highest BCUT2D eigenvalue weighted by Gasteiger charge is 2.22. The number of hydrogen-bond acceptors (Lipinski definition) is 3. The Kier molecular flexibility index (Phi) is 4.03. The van der Waals surface area contributed by atoms with Gasteiger partial charge in [0.05, 0.1) is 6.04 Å². The maximum atomic E-state index is 6.05. The van der Waals surface area contributed by atoms with Crippen molar-refractivity contribution in [3.8, 4) is 0 Å². The van der Waals surface area contributed by atoms with E-state index in [0.717, 1.165) is 36.8 Å². The molecule has 0 saturated heterocycles. The zero-order chi connectivity index (χ0) is 13.9. The molecule has 5 heteroatoms. The molecule has 0 radical (unpaired) electrons. The zero-order valence-corrected chi connectivity index (χ0v) is 12.3. The Morgan fingerprint density at radius 1 is 1.50 bits per heavy atom. The van der Waals surface area contributed by atoms with E-state index in [-0.39, 0.29) is 0 Å². The van der Waals surface area contributed by atoms with Crippen molar-refractivity contribution in [1.29, 1.82) is 0 Å². The largest absolute Gasteiger partial charge is 0.307 e. The van der Waals surface area contributed by atoms with Gasteiger partial charge in [-0.25, -0.2) is 9.67 Å². The van der Waals surface area contributed by atoms with Crippen molar-refractivity contribution in [2.45, 2.75) is 38.3 Å². The smallest absolute Gasteiger partial charge is 0.143 e. The fourth-order valence-corrected chi connectivity index (χ4v) is 2.93. The minimum atomic E-state index is 0.313. The molecule has 1 aromatic carbocycles. The highest BCUT2D eigenvalue weighted by atomic mass is 35.5. The molecular formula is C15H19ClN4. The molecule has 0 aliphatic carbocycles. The average molecular weight is 291 g/mol. The first-order chi connectivity index (χ1) is 9.74. The van der Waals surface area contributed by atoms with Gasteiger partial charge in [0.25, 0.3) is 0 Å². The van der Waals surface area contributed by atoms with Gasteiger partial charge in [-0.3, -0.25) is 0 Å². The molecule has 0 spiro atoms. The van der Waals surface area contributed by atoms with Crippen LogP contribution in [0.15, 0.2) is 30.6 Å². The van der Waals surface area contributed by atoms with Crippen LogP contribution in [0.5, 0.6) is 0 Å². The Morgan fingerprint density at radius 3 is 3.25 bits per heavy atom. The summed E-state index contributed by atoms with van der Waals surface area (Å²) < 4.78 is 2.01. The van der Waals surface area contributed by atoms with Crippen LogP contribution in [0.1, 0.15) is 43.1 Å². The summed E-state index contributed by atoms with van der Waals surface area (Å²) in [6, 6.07) is 8.40. The summed E-state index contributed by atoms with van der Waals surface area (Å²) in [7, 11) is 0. The van der Waals surface area contributed by atoms with Crippen molar-refractivity contribution in [3.63, 3.8) is 0 Å². The number of halogens is 1. The second-order valence-corrected chi connectivity index (χ2v) is 5.84. The van der Waals surface area contributed by atoms with Gasteiger partial charge in [-0.2, -0.15) is 5.10 Å². The second kappa shape index (κ2) is 5.94. The summed E-state index contributed by atoms with van der Waals surface area (Å²) in [5.41, 5.74) is 1.27. The number of benzene rings is 1. The molecule has 0 fully saturated rings. The third-order valence-corrected chi connectivity index (χ3v) is 4.14. The summed E-state index contributed by atoms with van der Waals surface area (Å²) >= 11 is 6.05. The zero-order valence-electron chi connectivity index (χ0n) is 11.6. The van der Waals surface area contributed by atoms with Gasteiger partial charge in [-0.15, -0.1) is 0 Å². The molecule has 0 unspecified atom stereocenters. The molecule has 2 atom stereocenters. The first-order valence-corrected chi connectivity index (χ1v) is 7.48. The maximum Gasteiger partial charge on any atom is 0.143 e. The first kappa shape index (κ1) is 13.6. The van der Waals surface area contributed by atoms with E-state index in [0.29, 0.717) is 12.0 Å². The van der Waals surface area contributed by atoms with Crippen molar-refractivity contribution in [1.82, 2.24) is 20.1 Å². The van der Waals surface area contributed by atoms with Crippen LogP contribution in [-0.4, -0.2) is 21.3 Å². The van der Waals surface area contributed by atoms with E-state index < -0.39 is 0 Å². The fraction of sp³-hybridized carbons (Fsp3) is 0.467. The molecule has 0 saturated carbocycles. The summed E-state index contributed by atoms with van der Waals surface area (Å²) in [6.07, 6.45) is 3.93. The molecule has 1 aliphatic heterocycles. The van der Waals surface area contributed by atoms with Gasteiger partial charge in [-0.05, 0) is 36.5 Å². The predicted molar refractivity (Wildman–Crippen MR) is 79.9 cm³/mol. The Labute approximate surface area is 124 Å². The van der Waals surface area contributed by atoms with E-state index in [1.807, 2.05) is 22.9 Å². The molecule has 0 amide bonds. The number of nitrogens with zero attached hydrogens (tertiary/aromatic N) is 3. The molecular weight excluding hydrogens is 272 g/mol. The first-order valence-electron chi connectivity index (χ1n) is 7.10. The number of fused-ring (bicyclic) bond motifs is 1. The highest BCUT2D eigenvalue weighted by molar-refractivity contribution is 6.30. The number of nitrogens with one attached hydrogen (secondary N) is 1. The van der Waals surface area contributed by atoms with Gasteiger partial charge in [0, 0.05) is 18.1 Å². The molecule has 2 heterocycles. The summed E-state index contributed by atoms with van der Waals surface area (Å²) in [4.78, 5) is 4.37. The van der Waals surface area contributed by atoms with Crippen LogP contribution in [-0.2, 0) is 6.54 Å². The van der Waals surface area contributed by atoms with Crippen LogP contribution >= 0.6 is 11.6 Å². The lowest BCUT2D eigenvalue weighted by Crippen LogP contribution is -2.31. The summed E-state index contributed by atoms with van der Waals surface area (Å²) in [5.74, 6) is 1.49. The van der Waals surface area contributed by atoms with Gasteiger partial charge in [0.15, 0.2) is 0 Å². The van der Waals surface area contributed by atoms with Crippen LogP contribution in [0.3, 0.4) is 0 Å². The lowest BCUT2D eigenvalue weighted by Gasteiger charge is -2.25. The van der Waals surface area contributed by atoms with E-state index in [1.165, 1.54) is 5.56 Å². The van der Waals surface area contributed by atoms with E-state index in [4.69, 9.17) is 11.6 Å². The molecule has 0 bridgehead atoms. The minimum Gasteiger partial charge on any atom is -0.307 e. The Bertz CT molecular complexity index is 581. The molecule has 2 aromatic rings. The third kappa shape index (κ3) is 2.86. The van der Waals surface area contributed by atoms with Gasteiger partial charge in [0.2, 0.25) is 0 Å². The Morgan fingerprint density at radius 2 is 2.40 bits per heavy atom. The topological polar surface area (TPSA) is 42.7 Å². The number of aromatic nitrogens is 3. The molecule has 4 nitrogen and oxygen atoms in total. The van der Waals surface area contributed by atoms with E-state index >= 15 is 0 Å². The van der Waals surface area contributed by atoms with Crippen molar-refractivity contribution < 1.29 is 0 Å². The van der Waals surface area contributed by atoms with Gasteiger partial charge >= 0.3 is 0 Å². The third-order valence-electron chi connectivity index (χ3n) is 3.91. The van der Waals surface area contributed by atoms with E-state index in [1.54, 1.807) is 6.33 Å². The molecule has 20 heavy (non-hydrogen) atoms. The van der Waals surface area contributed by atoms with Crippen molar-refractivity contribution in [3.05, 3.63) is 47.0 Å². The van der Waals surface area contributed by atoms with Crippen LogP contribution < -0.4 is 5.32 Å². The van der Waals surface area contributed by atoms with Gasteiger partial charge < -0.3 is 5.32 Å². The standard InChI is InChI=1S/C15H19ClN4/c1-11(12-4-2-5-13(16)8-12)9-17-14-6-3-7-20-15(14)18-10-19-20/h2,4-5,8,10-11,14,17H,3,6-7,9H2,1H3/t11-,14+/m1/s1. The summed E-state index contributed by atoms with van der Waals surface area (Å²) in [6.45, 7) is 4.11. The molecule has 1 aromatic heterocycles. The Balaban J connectivity index is 1.63. The lowest BCUT2D eigenvalue weighted by molar-refractivity contribution is 0.362. The van der Waals surface area contributed by atoms with E-state index in [9.17, 15) is 0 Å². The Hall–Kier alpha value is -1.39. The van der Waals surface area contributed by atoms with Crippen molar-refractivity contribution in [2.24, 2.45) is 0 Å². The molecule has 3 rings (SSSR count). The molecule has 1 N–H and O–H groups in total. The van der Waals surface area contributed by atoms with Crippen LogP contribution in [0.25, 0.3) is 0 Å². The number of hydrogen-bond donors (Lipinski definition) is 1. The van der Waals surface area contributed by atoms with Crippen molar-refractivity contribution in [2.75, 3.05) is 6.54 Å². The fourth-order valence-electron chi connectivity index (χ4n) is 2.73. The van der Waals surface area contributed by atoms with E-state index in [2.05, 4.69) is 28.4 Å². The van der Waals surface area contributed by atoms with Crippen LogP contribution in [0.4, 0.5) is 0 Å². The lowest BCUT2D eigenvalue weighted by atomic mass is 10.00. The van der Waals surface area contributed by atoms with Crippen LogP contribution in [0, 0.1) is 0 Å². The normalized spacial score (nSPS) is 19.6. The minimum absolute atomic E-state index is 0.313. The highest BCUT2D eigenvalue weighted by Crippen LogP contribution is 2.24. The molecule has 1 aliphatic rings. The molecule has 106 valence electrons. The van der Waals surface area contributed by atoms with Crippen molar-refractivity contribution >= 4 is 11.6 Å². The monoisotopic (exact) mass is 290 g/mol.